The number of carbonyl (C=O) groups excluding carboxylic acids is 2. The third-order valence-electron chi connectivity index (χ3n) is 5.51. The molecule has 0 saturated carbocycles. The number of hydrogen-bond acceptors (Lipinski definition) is 4. The van der Waals surface area contributed by atoms with Crippen LogP contribution in [0.1, 0.15) is 42.2 Å². The summed E-state index contributed by atoms with van der Waals surface area (Å²) < 4.78 is 1.53. The van der Waals surface area contributed by atoms with E-state index in [0.29, 0.717) is 55.2 Å². The topological polar surface area (TPSA) is 61.7 Å². The van der Waals surface area contributed by atoms with Crippen LogP contribution in [0.3, 0.4) is 0 Å². The number of likely N-dealkylation sites (tertiary alicyclic amines) is 1. The summed E-state index contributed by atoms with van der Waals surface area (Å²) in [6.45, 7) is 7.86. The summed E-state index contributed by atoms with van der Waals surface area (Å²) in [7, 11) is 1.73. The van der Waals surface area contributed by atoms with Crippen molar-refractivity contribution in [2.45, 2.75) is 39.2 Å². The molecule has 3 rings (SSSR count). The van der Waals surface area contributed by atoms with E-state index < -0.39 is 0 Å². The standard InChI is InChI=1S/C18H28ClN5O2/c1-13-6-4-5-7-24(13)15(25)12-22-8-10-23(11-9-22)18(26)16-14(2)20-21(3)17(16)19/h13H,4-12H2,1-3H3/t13-/m0/s1. The van der Waals surface area contributed by atoms with Gasteiger partial charge < -0.3 is 9.80 Å². The zero-order valence-corrected chi connectivity index (χ0v) is 16.6. The molecule has 2 amide bonds. The zero-order chi connectivity index (χ0) is 18.8. The Morgan fingerprint density at radius 3 is 2.42 bits per heavy atom. The minimum atomic E-state index is -0.0729. The van der Waals surface area contributed by atoms with Gasteiger partial charge in [0.05, 0.1) is 17.8 Å². The predicted molar refractivity (Wildman–Crippen MR) is 100 cm³/mol. The highest BCUT2D eigenvalue weighted by Gasteiger charge is 2.29. The lowest BCUT2D eigenvalue weighted by molar-refractivity contribution is -0.136. The lowest BCUT2D eigenvalue weighted by Gasteiger charge is -2.38. The SMILES string of the molecule is Cc1nn(C)c(Cl)c1C(=O)N1CCN(CC(=O)N2CCCC[C@@H]2C)CC1. The van der Waals surface area contributed by atoms with Crippen molar-refractivity contribution in [1.82, 2.24) is 24.5 Å². The van der Waals surface area contributed by atoms with Crippen molar-refractivity contribution >= 4 is 23.4 Å². The summed E-state index contributed by atoms with van der Waals surface area (Å²) in [6.07, 6.45) is 3.41. The second-order valence-corrected chi connectivity index (χ2v) is 7.73. The van der Waals surface area contributed by atoms with E-state index in [9.17, 15) is 9.59 Å². The molecule has 8 heteroatoms. The highest BCUT2D eigenvalue weighted by molar-refractivity contribution is 6.33. The first kappa shape index (κ1) is 19.2. The van der Waals surface area contributed by atoms with Gasteiger partial charge in [-0.1, -0.05) is 11.6 Å². The molecule has 0 unspecified atom stereocenters. The van der Waals surface area contributed by atoms with E-state index in [0.717, 1.165) is 19.4 Å². The van der Waals surface area contributed by atoms with Crippen LogP contribution >= 0.6 is 11.6 Å². The van der Waals surface area contributed by atoms with Gasteiger partial charge in [0.1, 0.15) is 5.15 Å². The molecule has 2 fully saturated rings. The first-order valence-electron chi connectivity index (χ1n) is 9.38. The van der Waals surface area contributed by atoms with Gasteiger partial charge in [-0.15, -0.1) is 0 Å². The van der Waals surface area contributed by atoms with Gasteiger partial charge in [-0.05, 0) is 33.1 Å². The van der Waals surface area contributed by atoms with Crippen LogP contribution < -0.4 is 0 Å². The molecule has 2 aliphatic rings. The van der Waals surface area contributed by atoms with Crippen LogP contribution in [0.4, 0.5) is 0 Å². The molecule has 1 aromatic heterocycles. The van der Waals surface area contributed by atoms with Crippen molar-refractivity contribution in [3.63, 3.8) is 0 Å². The molecule has 1 atom stereocenters. The first-order chi connectivity index (χ1) is 12.4. The van der Waals surface area contributed by atoms with Gasteiger partial charge in [-0.25, -0.2) is 0 Å². The van der Waals surface area contributed by atoms with E-state index in [1.54, 1.807) is 18.9 Å². The molecule has 1 aromatic rings. The summed E-state index contributed by atoms with van der Waals surface area (Å²) in [5.41, 5.74) is 1.14. The fraction of sp³-hybridized carbons (Fsp3) is 0.722. The molecule has 26 heavy (non-hydrogen) atoms. The summed E-state index contributed by atoms with van der Waals surface area (Å²) in [6, 6.07) is 0.342. The maximum Gasteiger partial charge on any atom is 0.258 e. The van der Waals surface area contributed by atoms with Gasteiger partial charge in [0.25, 0.3) is 5.91 Å². The number of nitrogens with zero attached hydrogens (tertiary/aromatic N) is 5. The van der Waals surface area contributed by atoms with E-state index in [1.165, 1.54) is 11.1 Å². The predicted octanol–water partition coefficient (Wildman–Crippen LogP) is 1.54. The molecule has 144 valence electrons. The molecule has 0 aliphatic carbocycles. The second kappa shape index (κ2) is 7.96. The highest BCUT2D eigenvalue weighted by atomic mass is 35.5. The van der Waals surface area contributed by atoms with Crippen LogP contribution in [-0.4, -0.2) is 81.6 Å². The average molecular weight is 382 g/mol. The molecule has 0 aromatic carbocycles. The number of aromatic nitrogens is 2. The number of halogens is 1. The normalized spacial score (nSPS) is 21.9. The van der Waals surface area contributed by atoms with Crippen molar-refractivity contribution in [3.8, 4) is 0 Å². The van der Waals surface area contributed by atoms with E-state index in [4.69, 9.17) is 11.6 Å². The van der Waals surface area contributed by atoms with Crippen LogP contribution in [0.5, 0.6) is 0 Å². The number of piperidine rings is 1. The number of amides is 2. The van der Waals surface area contributed by atoms with Gasteiger partial charge in [-0.3, -0.25) is 19.2 Å². The van der Waals surface area contributed by atoms with E-state index in [2.05, 4.69) is 16.9 Å². The Bertz CT molecular complexity index is 681. The fourth-order valence-electron chi connectivity index (χ4n) is 3.89. The molecule has 0 radical (unpaired) electrons. The van der Waals surface area contributed by atoms with Crippen molar-refractivity contribution in [1.29, 1.82) is 0 Å². The van der Waals surface area contributed by atoms with Crippen LogP contribution in [0.25, 0.3) is 0 Å². The lowest BCUT2D eigenvalue weighted by Crippen LogP contribution is -2.53. The Morgan fingerprint density at radius 2 is 1.85 bits per heavy atom. The number of piperazine rings is 1. The van der Waals surface area contributed by atoms with E-state index in [-0.39, 0.29) is 11.8 Å². The Kier molecular flexibility index (Phi) is 5.87. The van der Waals surface area contributed by atoms with Crippen molar-refractivity contribution in [2.24, 2.45) is 7.05 Å². The van der Waals surface area contributed by atoms with Crippen molar-refractivity contribution < 1.29 is 9.59 Å². The van der Waals surface area contributed by atoms with Gasteiger partial charge in [-0.2, -0.15) is 5.10 Å². The molecule has 3 heterocycles. The Labute approximate surface area is 159 Å². The molecule has 0 bridgehead atoms. The quantitative estimate of drug-likeness (QED) is 0.796. The van der Waals surface area contributed by atoms with Crippen LogP contribution in [0, 0.1) is 6.92 Å². The van der Waals surface area contributed by atoms with Crippen LogP contribution in [0.15, 0.2) is 0 Å². The largest absolute Gasteiger partial charge is 0.339 e. The summed E-state index contributed by atoms with van der Waals surface area (Å²) in [4.78, 5) is 31.3. The molecule has 2 aliphatic heterocycles. The third-order valence-corrected chi connectivity index (χ3v) is 5.94. The van der Waals surface area contributed by atoms with Gasteiger partial charge in [0.15, 0.2) is 0 Å². The first-order valence-corrected chi connectivity index (χ1v) is 9.76. The average Bonchev–Trinajstić information content (AvgIpc) is 2.87. The molecule has 7 nitrogen and oxygen atoms in total. The summed E-state index contributed by atoms with van der Waals surface area (Å²) in [5, 5.41) is 4.60. The molecule has 2 saturated heterocycles. The molecule has 0 spiro atoms. The van der Waals surface area contributed by atoms with E-state index in [1.807, 2.05) is 4.90 Å². The molecule has 0 N–H and O–H groups in total. The highest BCUT2D eigenvalue weighted by Crippen LogP contribution is 2.21. The Morgan fingerprint density at radius 1 is 1.15 bits per heavy atom. The number of rotatable bonds is 3. The number of carbonyl (C=O) groups is 2. The molecular weight excluding hydrogens is 354 g/mol. The minimum Gasteiger partial charge on any atom is -0.339 e. The molecular formula is C18H28ClN5O2. The monoisotopic (exact) mass is 381 g/mol. The fourth-order valence-corrected chi connectivity index (χ4v) is 4.15. The Balaban J connectivity index is 1.54. The maximum absolute atomic E-state index is 12.8. The van der Waals surface area contributed by atoms with Crippen molar-refractivity contribution in [3.05, 3.63) is 16.4 Å². The third kappa shape index (κ3) is 3.88. The number of aryl methyl sites for hydroxylation is 2. The van der Waals surface area contributed by atoms with E-state index >= 15 is 0 Å². The lowest BCUT2D eigenvalue weighted by atomic mass is 10.0. The second-order valence-electron chi connectivity index (χ2n) is 7.38. The minimum absolute atomic E-state index is 0.0729. The van der Waals surface area contributed by atoms with Gasteiger partial charge in [0, 0.05) is 45.8 Å². The smallest absolute Gasteiger partial charge is 0.258 e. The summed E-state index contributed by atoms with van der Waals surface area (Å²) >= 11 is 6.22. The van der Waals surface area contributed by atoms with Crippen LogP contribution in [-0.2, 0) is 11.8 Å². The van der Waals surface area contributed by atoms with Gasteiger partial charge >= 0.3 is 0 Å². The van der Waals surface area contributed by atoms with Crippen LogP contribution in [0.2, 0.25) is 5.15 Å². The maximum atomic E-state index is 12.8. The zero-order valence-electron chi connectivity index (χ0n) is 15.9. The van der Waals surface area contributed by atoms with Crippen molar-refractivity contribution in [2.75, 3.05) is 39.3 Å². The summed E-state index contributed by atoms with van der Waals surface area (Å²) in [5.74, 6) is 0.138. The van der Waals surface area contributed by atoms with Gasteiger partial charge in [0.2, 0.25) is 5.91 Å². The number of hydrogen-bond donors (Lipinski definition) is 0. The Hall–Kier alpha value is -1.60.